The molecule has 1 atom stereocenters. The van der Waals surface area contributed by atoms with Crippen molar-refractivity contribution in [3.05, 3.63) is 64.2 Å². The summed E-state index contributed by atoms with van der Waals surface area (Å²) in [7, 11) is 0. The molecule has 1 saturated heterocycles. The fraction of sp³-hybridized carbons (Fsp3) is 0.316. The first-order valence-electron chi connectivity index (χ1n) is 8.72. The maximum atomic E-state index is 13.6. The first kappa shape index (κ1) is 17.7. The lowest BCUT2D eigenvalue weighted by atomic mass is 9.97. The summed E-state index contributed by atoms with van der Waals surface area (Å²) in [5.74, 6) is 0.605. The number of thiophene rings is 1. The number of rotatable bonds is 5. The zero-order chi connectivity index (χ0) is 18.6. The molecule has 0 N–H and O–H groups in total. The molecule has 0 radical (unpaired) electrons. The number of amides is 1. The zero-order valence-electron chi connectivity index (χ0n) is 14.5. The molecule has 3 heterocycles. The molecule has 4 rings (SSSR count). The van der Waals surface area contributed by atoms with E-state index in [2.05, 4.69) is 10.1 Å². The van der Waals surface area contributed by atoms with Crippen molar-refractivity contribution in [2.24, 2.45) is 0 Å². The van der Waals surface area contributed by atoms with Gasteiger partial charge in [-0.15, -0.1) is 0 Å². The summed E-state index contributed by atoms with van der Waals surface area (Å²) >= 11 is 1.51. The van der Waals surface area contributed by atoms with E-state index in [4.69, 9.17) is 9.26 Å². The summed E-state index contributed by atoms with van der Waals surface area (Å²) in [6, 6.07) is 8.00. The Hall–Kier alpha value is -2.74. The summed E-state index contributed by atoms with van der Waals surface area (Å²) in [6.45, 7) is 1.28. The van der Waals surface area contributed by atoms with Crippen molar-refractivity contribution in [2.45, 2.75) is 25.4 Å². The van der Waals surface area contributed by atoms with Crippen LogP contribution in [0.2, 0.25) is 0 Å². The molecule has 1 aliphatic heterocycles. The van der Waals surface area contributed by atoms with Gasteiger partial charge < -0.3 is 14.2 Å². The molecule has 0 bridgehead atoms. The van der Waals surface area contributed by atoms with Gasteiger partial charge in [0.05, 0.1) is 5.56 Å². The van der Waals surface area contributed by atoms with Crippen LogP contribution in [0.25, 0.3) is 0 Å². The second-order valence-corrected chi connectivity index (χ2v) is 7.15. The van der Waals surface area contributed by atoms with Crippen LogP contribution in [0.3, 0.4) is 0 Å². The number of ether oxygens (including phenoxy) is 1. The van der Waals surface area contributed by atoms with Gasteiger partial charge in [-0.05, 0) is 36.4 Å². The molecule has 1 aliphatic rings. The maximum Gasteiger partial charge on any atom is 0.264 e. The molecule has 1 unspecified atom stereocenters. The van der Waals surface area contributed by atoms with Gasteiger partial charge in [-0.3, -0.25) is 4.79 Å². The number of piperidine rings is 1. The summed E-state index contributed by atoms with van der Waals surface area (Å²) in [6.07, 6.45) is 1.77. The van der Waals surface area contributed by atoms with Gasteiger partial charge in [0.25, 0.3) is 11.8 Å². The van der Waals surface area contributed by atoms with Crippen LogP contribution in [-0.2, 0) is 6.61 Å². The molecule has 140 valence electrons. The highest BCUT2D eigenvalue weighted by atomic mass is 32.1. The van der Waals surface area contributed by atoms with Crippen LogP contribution in [0.1, 0.15) is 40.8 Å². The fourth-order valence-corrected chi connectivity index (χ4v) is 3.76. The van der Waals surface area contributed by atoms with Gasteiger partial charge >= 0.3 is 0 Å². The quantitative estimate of drug-likeness (QED) is 0.665. The molecule has 8 heteroatoms. The van der Waals surface area contributed by atoms with Crippen molar-refractivity contribution in [3.63, 3.8) is 0 Å². The number of carbonyl (C=O) groups is 1. The number of carbonyl (C=O) groups excluding carboxylic acids is 1. The van der Waals surface area contributed by atoms with E-state index >= 15 is 0 Å². The first-order chi connectivity index (χ1) is 13.2. The summed E-state index contributed by atoms with van der Waals surface area (Å²) in [4.78, 5) is 18.8. The van der Waals surface area contributed by atoms with Gasteiger partial charge in [0.1, 0.15) is 0 Å². The Balaban J connectivity index is 1.39. The highest BCUT2D eigenvalue weighted by Gasteiger charge is 2.28. The van der Waals surface area contributed by atoms with Crippen LogP contribution in [0.4, 0.5) is 4.39 Å². The number of likely N-dealkylation sites (tertiary alicyclic amines) is 1. The van der Waals surface area contributed by atoms with Crippen molar-refractivity contribution in [1.82, 2.24) is 15.0 Å². The first-order valence-corrected chi connectivity index (χ1v) is 9.66. The van der Waals surface area contributed by atoms with Crippen molar-refractivity contribution in [3.8, 4) is 5.75 Å². The van der Waals surface area contributed by atoms with Gasteiger partial charge in [-0.1, -0.05) is 17.3 Å². The van der Waals surface area contributed by atoms with Crippen LogP contribution in [0.15, 0.2) is 45.6 Å². The van der Waals surface area contributed by atoms with Gasteiger partial charge in [0.2, 0.25) is 0 Å². The predicted molar refractivity (Wildman–Crippen MR) is 97.2 cm³/mol. The van der Waals surface area contributed by atoms with Crippen molar-refractivity contribution in [2.75, 3.05) is 13.1 Å². The molecular formula is C19H18FN3O3S. The molecular weight excluding hydrogens is 369 g/mol. The molecule has 0 aliphatic carbocycles. The summed E-state index contributed by atoms with van der Waals surface area (Å²) < 4.78 is 24.2. The molecule has 6 nitrogen and oxygen atoms in total. The van der Waals surface area contributed by atoms with Gasteiger partial charge in [-0.2, -0.15) is 16.3 Å². The molecule has 1 aromatic carbocycles. The molecule has 3 aromatic rings. The normalized spacial score (nSPS) is 17.1. The third-order valence-electron chi connectivity index (χ3n) is 4.51. The Morgan fingerprint density at radius 2 is 2.26 bits per heavy atom. The van der Waals surface area contributed by atoms with Crippen LogP contribution in [0, 0.1) is 5.82 Å². The van der Waals surface area contributed by atoms with Crippen molar-refractivity contribution in [1.29, 1.82) is 0 Å². The van der Waals surface area contributed by atoms with Crippen molar-refractivity contribution >= 4 is 17.2 Å². The number of nitrogens with zero attached hydrogens (tertiary/aromatic N) is 3. The minimum absolute atomic E-state index is 0.00178. The highest BCUT2D eigenvalue weighted by molar-refractivity contribution is 7.08. The Bertz CT molecular complexity index is 913. The number of para-hydroxylation sites is 1. The highest BCUT2D eigenvalue weighted by Crippen LogP contribution is 2.26. The molecule has 1 amide bonds. The zero-order valence-corrected chi connectivity index (χ0v) is 15.3. The maximum absolute atomic E-state index is 13.6. The minimum Gasteiger partial charge on any atom is -0.481 e. The molecule has 1 fully saturated rings. The Kier molecular flexibility index (Phi) is 5.15. The minimum atomic E-state index is -0.438. The number of halogens is 1. The van der Waals surface area contributed by atoms with E-state index in [-0.39, 0.29) is 30.1 Å². The predicted octanol–water partition coefficient (Wildman–Crippen LogP) is 3.87. The lowest BCUT2D eigenvalue weighted by Crippen LogP contribution is -2.39. The third kappa shape index (κ3) is 4.00. The second kappa shape index (κ2) is 7.87. The number of hydrogen-bond donors (Lipinski definition) is 0. The van der Waals surface area contributed by atoms with E-state index in [0.717, 1.165) is 19.4 Å². The van der Waals surface area contributed by atoms with Gasteiger partial charge in [0, 0.05) is 24.4 Å². The summed E-state index contributed by atoms with van der Waals surface area (Å²) in [5, 5.41) is 7.79. The standard InChI is InChI=1S/C19H18FN3O3S/c20-15-5-1-2-6-16(15)25-11-17-21-18(22-26-17)13-4-3-8-23(10-13)19(24)14-7-9-27-12-14/h1-2,5-7,9,12-13H,3-4,8,10-11H2. The smallest absolute Gasteiger partial charge is 0.264 e. The SMILES string of the molecule is O=C(c1ccsc1)N1CCCC(c2noc(COc3ccccc3F)n2)C1. The Labute approximate surface area is 159 Å². The Morgan fingerprint density at radius 3 is 3.07 bits per heavy atom. The topological polar surface area (TPSA) is 68.5 Å². The average Bonchev–Trinajstić information content (AvgIpc) is 3.39. The number of hydrogen-bond acceptors (Lipinski definition) is 6. The van der Waals surface area contributed by atoms with Crippen LogP contribution in [-0.4, -0.2) is 34.0 Å². The Morgan fingerprint density at radius 1 is 1.37 bits per heavy atom. The van der Waals surface area contributed by atoms with Crippen molar-refractivity contribution < 1.29 is 18.4 Å². The van der Waals surface area contributed by atoms with Gasteiger partial charge in [-0.25, -0.2) is 4.39 Å². The lowest BCUT2D eigenvalue weighted by molar-refractivity contribution is 0.0704. The third-order valence-corrected chi connectivity index (χ3v) is 5.20. The van der Waals surface area contributed by atoms with Crippen LogP contribution in [0.5, 0.6) is 5.75 Å². The van der Waals surface area contributed by atoms with E-state index in [1.807, 2.05) is 21.7 Å². The molecule has 0 saturated carbocycles. The molecule has 27 heavy (non-hydrogen) atoms. The van der Waals surface area contributed by atoms with Crippen LogP contribution >= 0.6 is 11.3 Å². The fourth-order valence-electron chi connectivity index (χ4n) is 3.13. The number of aromatic nitrogens is 2. The van der Waals surface area contributed by atoms with E-state index in [1.165, 1.54) is 17.4 Å². The molecule has 0 spiro atoms. The van der Waals surface area contributed by atoms with Crippen LogP contribution < -0.4 is 4.74 Å². The average molecular weight is 387 g/mol. The van der Waals surface area contributed by atoms with E-state index < -0.39 is 5.82 Å². The lowest BCUT2D eigenvalue weighted by Gasteiger charge is -2.31. The number of benzene rings is 1. The molecule has 2 aromatic heterocycles. The van der Waals surface area contributed by atoms with E-state index in [1.54, 1.807) is 18.2 Å². The van der Waals surface area contributed by atoms with E-state index in [0.29, 0.717) is 17.9 Å². The second-order valence-electron chi connectivity index (χ2n) is 6.37. The largest absolute Gasteiger partial charge is 0.481 e. The monoisotopic (exact) mass is 387 g/mol. The van der Waals surface area contributed by atoms with E-state index in [9.17, 15) is 9.18 Å². The summed E-state index contributed by atoms with van der Waals surface area (Å²) in [5.41, 5.74) is 0.715. The van der Waals surface area contributed by atoms with Gasteiger partial charge in [0.15, 0.2) is 24.0 Å².